The lowest BCUT2D eigenvalue weighted by Gasteiger charge is -2.33. The number of hydrogen-bond acceptors (Lipinski definition) is 1. The Morgan fingerprint density at radius 3 is 2.00 bits per heavy atom. The van der Waals surface area contributed by atoms with Gasteiger partial charge in [-0.2, -0.15) is 0 Å². The summed E-state index contributed by atoms with van der Waals surface area (Å²) in [5, 5.41) is 0.803. The van der Waals surface area contributed by atoms with Gasteiger partial charge < -0.3 is 9.80 Å². The zero-order valence-corrected chi connectivity index (χ0v) is 15.6. The third-order valence-corrected chi connectivity index (χ3v) is 5.43. The minimum Gasteiger partial charge on any atom is -0.360 e. The molecule has 132 valence electrons. The topological polar surface area (TPSA) is 7.68 Å². The number of nitrogens with one attached hydrogen (secondary N) is 1. The zero-order valence-electron chi connectivity index (χ0n) is 14.9. The quantitative estimate of drug-likeness (QED) is 0.738. The van der Waals surface area contributed by atoms with E-state index in [9.17, 15) is 0 Å². The summed E-state index contributed by atoms with van der Waals surface area (Å²) in [4.78, 5) is 4.11. The zero-order chi connectivity index (χ0) is 17.8. The summed E-state index contributed by atoms with van der Waals surface area (Å²) < 4.78 is 0. The Kier molecular flexibility index (Phi) is 5.24. The van der Waals surface area contributed by atoms with Crippen LogP contribution in [0.2, 0.25) is 5.02 Å². The van der Waals surface area contributed by atoms with E-state index in [-0.39, 0.29) is 0 Å². The minimum atomic E-state index is 0.803. The monoisotopic (exact) mass is 363 g/mol. The van der Waals surface area contributed by atoms with Crippen LogP contribution in [-0.4, -0.2) is 26.2 Å². The van der Waals surface area contributed by atoms with Gasteiger partial charge >= 0.3 is 0 Å². The first-order chi connectivity index (χ1) is 12.8. The van der Waals surface area contributed by atoms with Crippen LogP contribution in [0.4, 0.5) is 5.69 Å². The number of rotatable bonds is 4. The van der Waals surface area contributed by atoms with Crippen molar-refractivity contribution in [2.45, 2.75) is 6.54 Å². The predicted octanol–water partition coefficient (Wildman–Crippen LogP) is 3.91. The van der Waals surface area contributed by atoms with E-state index in [2.05, 4.69) is 71.6 Å². The summed E-state index contributed by atoms with van der Waals surface area (Å²) in [6, 6.07) is 27.8. The highest BCUT2D eigenvalue weighted by molar-refractivity contribution is 6.30. The normalized spacial score (nSPS) is 15.2. The minimum absolute atomic E-state index is 0.803. The van der Waals surface area contributed by atoms with Crippen LogP contribution >= 0.6 is 11.6 Å². The molecular formula is C23H24ClN2+. The summed E-state index contributed by atoms with van der Waals surface area (Å²) in [6.07, 6.45) is 0. The number of anilines is 1. The summed E-state index contributed by atoms with van der Waals surface area (Å²) in [7, 11) is 0. The maximum atomic E-state index is 5.99. The molecule has 1 fully saturated rings. The molecule has 26 heavy (non-hydrogen) atoms. The van der Waals surface area contributed by atoms with Crippen molar-refractivity contribution in [2.75, 3.05) is 31.1 Å². The molecule has 1 saturated heterocycles. The lowest BCUT2D eigenvalue weighted by molar-refractivity contribution is -0.914. The molecule has 1 heterocycles. The lowest BCUT2D eigenvalue weighted by Crippen LogP contribution is -3.13. The second kappa shape index (κ2) is 7.94. The van der Waals surface area contributed by atoms with Crippen LogP contribution in [0.5, 0.6) is 0 Å². The fourth-order valence-electron chi connectivity index (χ4n) is 3.64. The third-order valence-electron chi connectivity index (χ3n) is 5.18. The number of quaternary nitrogens is 1. The first-order valence-corrected chi connectivity index (χ1v) is 9.64. The number of benzene rings is 3. The van der Waals surface area contributed by atoms with Gasteiger partial charge in [-0.05, 0) is 35.4 Å². The highest BCUT2D eigenvalue weighted by Crippen LogP contribution is 2.19. The van der Waals surface area contributed by atoms with Gasteiger partial charge in [0.15, 0.2) is 0 Å². The number of nitrogens with zero attached hydrogens (tertiary/aromatic N) is 1. The van der Waals surface area contributed by atoms with Gasteiger partial charge in [0.05, 0.1) is 26.2 Å². The molecule has 2 nitrogen and oxygen atoms in total. The van der Waals surface area contributed by atoms with Gasteiger partial charge in [0.2, 0.25) is 0 Å². The first-order valence-electron chi connectivity index (χ1n) is 9.26. The maximum absolute atomic E-state index is 5.99. The molecule has 4 rings (SSSR count). The van der Waals surface area contributed by atoms with Crippen molar-refractivity contribution in [3.8, 4) is 11.1 Å². The molecule has 0 aliphatic carbocycles. The molecule has 0 spiro atoms. The SMILES string of the molecule is Clc1ccc(N2CC[NH+](Cc3ccc(-c4ccccc4)cc3)CC2)cc1. The molecule has 1 aliphatic rings. The fraction of sp³-hybridized carbons (Fsp3) is 0.217. The van der Waals surface area contributed by atoms with Gasteiger partial charge in [-0.25, -0.2) is 0 Å². The van der Waals surface area contributed by atoms with Crippen LogP contribution in [0.1, 0.15) is 5.56 Å². The van der Waals surface area contributed by atoms with Crippen molar-refractivity contribution in [3.63, 3.8) is 0 Å². The molecule has 0 aromatic heterocycles. The molecule has 1 aliphatic heterocycles. The van der Waals surface area contributed by atoms with Crippen LogP contribution in [0.15, 0.2) is 78.9 Å². The van der Waals surface area contributed by atoms with E-state index in [4.69, 9.17) is 11.6 Å². The molecule has 1 N–H and O–H groups in total. The standard InChI is InChI=1S/C23H23ClN2/c24-22-10-12-23(13-11-22)26-16-14-25(15-17-26)18-19-6-8-21(9-7-19)20-4-2-1-3-5-20/h1-13H,14-18H2/p+1. The van der Waals surface area contributed by atoms with Gasteiger partial charge in [-0.1, -0.05) is 66.2 Å². The Hall–Kier alpha value is -2.29. The van der Waals surface area contributed by atoms with E-state index in [0.29, 0.717) is 0 Å². The van der Waals surface area contributed by atoms with Gasteiger partial charge in [-0.3, -0.25) is 0 Å². The molecule has 0 saturated carbocycles. The number of halogens is 1. The molecular weight excluding hydrogens is 340 g/mol. The van der Waals surface area contributed by atoms with Crippen LogP contribution in [0.25, 0.3) is 11.1 Å². The van der Waals surface area contributed by atoms with Gasteiger partial charge in [-0.15, -0.1) is 0 Å². The fourth-order valence-corrected chi connectivity index (χ4v) is 3.77. The summed E-state index contributed by atoms with van der Waals surface area (Å²) in [5.74, 6) is 0. The van der Waals surface area contributed by atoms with E-state index < -0.39 is 0 Å². The van der Waals surface area contributed by atoms with Crippen LogP contribution in [-0.2, 0) is 6.54 Å². The average molecular weight is 364 g/mol. The molecule has 0 bridgehead atoms. The average Bonchev–Trinajstić information content (AvgIpc) is 2.71. The smallest absolute Gasteiger partial charge is 0.103 e. The Bertz CT molecular complexity index is 820. The summed E-state index contributed by atoms with van der Waals surface area (Å²) in [6.45, 7) is 5.63. The van der Waals surface area contributed by atoms with Crippen molar-refractivity contribution < 1.29 is 4.90 Å². The second-order valence-corrected chi connectivity index (χ2v) is 7.39. The number of hydrogen-bond donors (Lipinski definition) is 1. The number of piperazine rings is 1. The van der Waals surface area contributed by atoms with E-state index in [0.717, 1.165) is 24.7 Å². The van der Waals surface area contributed by atoms with E-state index >= 15 is 0 Å². The first kappa shape index (κ1) is 17.1. The van der Waals surface area contributed by atoms with Crippen molar-refractivity contribution in [2.24, 2.45) is 0 Å². The van der Waals surface area contributed by atoms with Gasteiger partial charge in [0.1, 0.15) is 6.54 Å². The Morgan fingerprint density at radius 1 is 0.731 bits per heavy atom. The Labute approximate surface area is 160 Å². The predicted molar refractivity (Wildman–Crippen MR) is 110 cm³/mol. The van der Waals surface area contributed by atoms with E-state index in [1.807, 2.05) is 12.1 Å². The molecule has 0 amide bonds. The largest absolute Gasteiger partial charge is 0.360 e. The van der Waals surface area contributed by atoms with Crippen molar-refractivity contribution >= 4 is 17.3 Å². The van der Waals surface area contributed by atoms with Crippen molar-refractivity contribution in [3.05, 3.63) is 89.4 Å². The van der Waals surface area contributed by atoms with E-state index in [1.54, 1.807) is 4.90 Å². The highest BCUT2D eigenvalue weighted by atomic mass is 35.5. The van der Waals surface area contributed by atoms with Crippen LogP contribution in [0.3, 0.4) is 0 Å². The summed E-state index contributed by atoms with van der Waals surface area (Å²) in [5.41, 5.74) is 5.26. The lowest BCUT2D eigenvalue weighted by atomic mass is 10.0. The second-order valence-electron chi connectivity index (χ2n) is 6.95. The summed E-state index contributed by atoms with van der Waals surface area (Å²) >= 11 is 5.99. The third kappa shape index (κ3) is 4.09. The van der Waals surface area contributed by atoms with Crippen LogP contribution in [0, 0.1) is 0 Å². The molecule has 0 atom stereocenters. The van der Waals surface area contributed by atoms with Crippen LogP contribution < -0.4 is 9.80 Å². The van der Waals surface area contributed by atoms with E-state index in [1.165, 1.54) is 35.5 Å². The van der Waals surface area contributed by atoms with Gasteiger partial charge in [0, 0.05) is 16.3 Å². The van der Waals surface area contributed by atoms with Crippen molar-refractivity contribution in [1.82, 2.24) is 0 Å². The van der Waals surface area contributed by atoms with Crippen molar-refractivity contribution in [1.29, 1.82) is 0 Å². The Morgan fingerprint density at radius 2 is 1.35 bits per heavy atom. The molecule has 0 radical (unpaired) electrons. The van der Waals surface area contributed by atoms with Gasteiger partial charge in [0.25, 0.3) is 0 Å². The molecule has 3 heteroatoms. The molecule has 0 unspecified atom stereocenters. The highest BCUT2D eigenvalue weighted by Gasteiger charge is 2.20. The Balaban J connectivity index is 1.33. The molecule has 3 aromatic carbocycles. The maximum Gasteiger partial charge on any atom is 0.103 e. The molecule has 3 aromatic rings.